The van der Waals surface area contributed by atoms with Crippen molar-refractivity contribution in [2.24, 2.45) is 34.3 Å². The van der Waals surface area contributed by atoms with Crippen LogP contribution in [0.3, 0.4) is 0 Å². The second kappa shape index (κ2) is 18.3. The quantitative estimate of drug-likeness (QED) is 0.174. The van der Waals surface area contributed by atoms with Gasteiger partial charge in [-0.15, -0.1) is 0 Å². The molecule has 0 aromatic rings. The Labute approximate surface area is 281 Å². The minimum absolute atomic E-state index is 0.370. The molecular formula is C36H62Br2N2NiP. The van der Waals surface area contributed by atoms with Gasteiger partial charge in [0.15, 0.2) is 0 Å². The number of nitrogens with zero attached hydrogens (tertiary/aromatic N) is 2. The topological polar surface area (TPSA) is 26.5 Å². The van der Waals surface area contributed by atoms with Gasteiger partial charge in [-0.1, -0.05) is 129 Å². The predicted molar refractivity (Wildman–Crippen MR) is 191 cm³/mol. The van der Waals surface area contributed by atoms with Crippen LogP contribution in [0.25, 0.3) is 5.32 Å². The fourth-order valence-corrected chi connectivity index (χ4v) is 15.5. The molecule has 3 unspecified atom stereocenters. The SMILES string of the molecule is CC(C)C1CCCC(C(C)C)C1N=P(C1CCCCC1)(C1CCCCC1)C1C=CC=C(CC2CCCCC2)[N-]1.[Br][Ni+][Br]. The second-order valence-electron chi connectivity index (χ2n) is 15.1. The first-order valence-electron chi connectivity index (χ1n) is 17.9. The van der Waals surface area contributed by atoms with Gasteiger partial charge in [-0.25, -0.2) is 0 Å². The van der Waals surface area contributed by atoms with Gasteiger partial charge < -0.3 is 5.32 Å². The van der Waals surface area contributed by atoms with Crippen LogP contribution in [0.4, 0.5) is 0 Å². The second-order valence-corrected chi connectivity index (χ2v) is 23.9. The molecule has 42 heavy (non-hydrogen) atoms. The maximum atomic E-state index is 6.56. The van der Waals surface area contributed by atoms with Crippen LogP contribution in [0.2, 0.25) is 0 Å². The van der Waals surface area contributed by atoms with Gasteiger partial charge in [0, 0.05) is 0 Å². The molecule has 4 saturated carbocycles. The van der Waals surface area contributed by atoms with Crippen LogP contribution < -0.4 is 0 Å². The van der Waals surface area contributed by atoms with Crippen LogP contribution in [0, 0.1) is 29.6 Å². The van der Waals surface area contributed by atoms with E-state index in [1.165, 1.54) is 139 Å². The maximum absolute atomic E-state index is 6.56. The van der Waals surface area contributed by atoms with Crippen LogP contribution in [0.1, 0.15) is 150 Å². The van der Waals surface area contributed by atoms with Crippen LogP contribution in [-0.4, -0.2) is 23.1 Å². The first-order chi connectivity index (χ1) is 20.4. The summed E-state index contributed by atoms with van der Waals surface area (Å²) in [6.45, 7) is 10.0. The summed E-state index contributed by atoms with van der Waals surface area (Å²) < 4.78 is 6.56. The average Bonchev–Trinajstić information content (AvgIpc) is 3.01. The first kappa shape index (κ1) is 35.8. The molecule has 5 aliphatic rings. The molecule has 0 spiro atoms. The van der Waals surface area contributed by atoms with E-state index in [0.717, 1.165) is 40.9 Å². The Morgan fingerprint density at radius 2 is 1.21 bits per heavy atom. The van der Waals surface area contributed by atoms with Gasteiger partial charge in [-0.3, -0.25) is 4.74 Å². The molecule has 0 aromatic heterocycles. The summed E-state index contributed by atoms with van der Waals surface area (Å²) in [6, 6.07) is 0.562. The summed E-state index contributed by atoms with van der Waals surface area (Å²) in [5.74, 6) is 4.24. The molecule has 0 bridgehead atoms. The summed E-state index contributed by atoms with van der Waals surface area (Å²) in [7, 11) is -0.455. The van der Waals surface area contributed by atoms with Crippen molar-refractivity contribution in [2.45, 2.75) is 173 Å². The van der Waals surface area contributed by atoms with E-state index >= 15 is 0 Å². The number of rotatable bonds is 8. The van der Waals surface area contributed by atoms with Crippen molar-refractivity contribution in [3.63, 3.8) is 0 Å². The Morgan fingerprint density at radius 3 is 1.69 bits per heavy atom. The van der Waals surface area contributed by atoms with Crippen LogP contribution in [0.15, 0.2) is 28.7 Å². The first-order valence-corrected chi connectivity index (χ1v) is 24.7. The zero-order valence-electron chi connectivity index (χ0n) is 27.3. The molecule has 0 N–H and O–H groups in total. The Morgan fingerprint density at radius 1 is 0.738 bits per heavy atom. The van der Waals surface area contributed by atoms with Crippen LogP contribution >= 0.6 is 35.5 Å². The molecule has 6 heteroatoms. The Hall–Kier alpha value is 0.964. The molecule has 1 heterocycles. The Kier molecular flexibility index (Phi) is 15.6. The number of halogens is 2. The molecule has 5 rings (SSSR count). The van der Waals surface area contributed by atoms with E-state index in [0.29, 0.717) is 11.8 Å². The minimum atomic E-state index is -1.70. The normalized spacial score (nSPS) is 30.5. The fraction of sp³-hybridized carbons (Fsp3) is 0.889. The average molecular weight is 772 g/mol. The molecule has 3 atom stereocenters. The molecule has 0 amide bonds. The molecule has 0 aromatic carbocycles. The summed E-state index contributed by atoms with van der Waals surface area (Å²) >= 11 is 6.00. The van der Waals surface area contributed by atoms with Crippen molar-refractivity contribution in [1.29, 1.82) is 0 Å². The molecule has 4 aliphatic carbocycles. The standard InChI is InChI=1S/C36H62N2P.2BrH.Ni/c1-27(2)33-23-15-24-34(28(3)4)36(33)38-39(31-19-10-6-11-20-31,32-21-12-7-13-22-32)35-25-14-18-30(37-35)26-29-16-8-5-9-17-29;;;/h14,18,25,27-29,31-36H,5-13,15-17,19-24,26H2,1-4H3;2*1H;/q-1;;;+3/p-2. The summed E-state index contributed by atoms with van der Waals surface area (Å²) in [4.78, 5) is 0. The van der Waals surface area contributed by atoms with E-state index in [4.69, 9.17) is 10.1 Å². The van der Waals surface area contributed by atoms with Crippen molar-refractivity contribution >= 4 is 35.5 Å². The van der Waals surface area contributed by atoms with Crippen molar-refractivity contribution in [2.75, 3.05) is 0 Å². The Bertz CT molecular complexity index is 862. The third kappa shape index (κ3) is 9.28. The monoisotopic (exact) mass is 769 g/mol. The fourth-order valence-electron chi connectivity index (χ4n) is 9.64. The van der Waals surface area contributed by atoms with E-state index in [9.17, 15) is 0 Å². The summed E-state index contributed by atoms with van der Waals surface area (Å²) in [5, 5.41) is 5.83. The Balaban J connectivity index is 0.00000129. The molecule has 2 nitrogen and oxygen atoms in total. The number of allylic oxidation sites excluding steroid dienone is 3. The zero-order chi connectivity index (χ0) is 30.0. The van der Waals surface area contributed by atoms with Crippen LogP contribution in [0.5, 0.6) is 0 Å². The van der Waals surface area contributed by atoms with E-state index < -0.39 is 7.05 Å². The van der Waals surface area contributed by atoms with Gasteiger partial charge >= 0.3 is 39.3 Å². The van der Waals surface area contributed by atoms with Gasteiger partial charge in [0.2, 0.25) is 0 Å². The molecule has 1 aliphatic heterocycles. The van der Waals surface area contributed by atoms with Gasteiger partial charge in [0.1, 0.15) is 0 Å². The summed E-state index contributed by atoms with van der Waals surface area (Å²) in [6.07, 6.45) is 34.4. The van der Waals surface area contributed by atoms with Crippen molar-refractivity contribution < 1.29 is 10.9 Å². The zero-order valence-corrected chi connectivity index (χ0v) is 32.3. The van der Waals surface area contributed by atoms with E-state index in [-0.39, 0.29) is 0 Å². The van der Waals surface area contributed by atoms with E-state index in [2.05, 4.69) is 74.4 Å². The summed E-state index contributed by atoms with van der Waals surface area (Å²) in [5.41, 5.74) is 3.08. The van der Waals surface area contributed by atoms with Crippen molar-refractivity contribution in [3.8, 4) is 0 Å². The van der Waals surface area contributed by atoms with Gasteiger partial charge in [-0.05, 0) is 92.9 Å². The third-order valence-corrected chi connectivity index (χ3v) is 17.0. The van der Waals surface area contributed by atoms with E-state index in [1.807, 2.05) is 0 Å². The molecule has 0 radical (unpaired) electrons. The molecule has 245 valence electrons. The third-order valence-electron chi connectivity index (χ3n) is 11.8. The van der Waals surface area contributed by atoms with Crippen LogP contribution in [-0.2, 0) is 10.9 Å². The molecule has 0 saturated heterocycles. The van der Waals surface area contributed by atoms with Crippen molar-refractivity contribution in [3.05, 3.63) is 29.2 Å². The molecule has 4 fully saturated rings. The van der Waals surface area contributed by atoms with Gasteiger partial charge in [-0.2, -0.15) is 5.70 Å². The van der Waals surface area contributed by atoms with Gasteiger partial charge in [0.25, 0.3) is 0 Å². The van der Waals surface area contributed by atoms with Crippen molar-refractivity contribution in [1.82, 2.24) is 0 Å². The van der Waals surface area contributed by atoms with Gasteiger partial charge in [0.05, 0.1) is 6.04 Å². The number of hydrogen-bond donors (Lipinski definition) is 0. The van der Waals surface area contributed by atoms with E-state index in [1.54, 1.807) is 0 Å². The predicted octanol–water partition coefficient (Wildman–Crippen LogP) is 13.8. The molecular weight excluding hydrogens is 710 g/mol. The number of hydrogen-bond acceptors (Lipinski definition) is 1.